The third-order valence-corrected chi connectivity index (χ3v) is 7.00. The molecule has 0 saturated heterocycles. The van der Waals surface area contributed by atoms with Crippen LogP contribution in [0.1, 0.15) is 57.9 Å². The standard InChI is InChI=1S/C29H34N2O6/c1-6-18-19-9-7-8-10-22(19)30-25-21(18)14-31-13-17-15-35-27(33)26(20(17)11-23(25)31)37-24(32)12-29(4,5)36-16-28(2,3)34/h7-11,26,34H,6,12-16H2,1-5H3/t26-/m0/s1. The molecule has 0 unspecified atom stereocenters. The Labute approximate surface area is 216 Å². The van der Waals surface area contributed by atoms with Crippen LogP contribution in [0.4, 0.5) is 0 Å². The summed E-state index contributed by atoms with van der Waals surface area (Å²) < 4.78 is 16.8. The van der Waals surface area contributed by atoms with Gasteiger partial charge in [-0.2, -0.15) is 0 Å². The lowest BCUT2D eigenvalue weighted by Crippen LogP contribution is -2.41. The number of rotatable bonds is 7. The summed E-state index contributed by atoms with van der Waals surface area (Å²) in [5.41, 5.74) is 5.01. The van der Waals surface area contributed by atoms with Gasteiger partial charge in [-0.3, -0.25) is 4.79 Å². The molecule has 5 rings (SSSR count). The molecule has 3 aliphatic rings. The molecule has 0 saturated carbocycles. The van der Waals surface area contributed by atoms with E-state index in [-0.39, 0.29) is 19.6 Å². The highest BCUT2D eigenvalue weighted by Crippen LogP contribution is 2.42. The first-order valence-corrected chi connectivity index (χ1v) is 12.8. The second-order valence-electron chi connectivity index (χ2n) is 11.2. The highest BCUT2D eigenvalue weighted by atomic mass is 16.6. The molecule has 8 heteroatoms. The average Bonchev–Trinajstić information content (AvgIpc) is 3.18. The number of nitrogens with zero attached hydrogens (tertiary/aromatic N) is 2. The summed E-state index contributed by atoms with van der Waals surface area (Å²) in [6, 6.07) is 8.17. The number of aryl methyl sites for hydroxylation is 1. The Kier molecular flexibility index (Phi) is 6.36. The minimum atomic E-state index is -1.13. The Morgan fingerprint density at radius 2 is 1.97 bits per heavy atom. The average molecular weight is 507 g/mol. The third kappa shape index (κ3) is 5.00. The quantitative estimate of drug-likeness (QED) is 0.568. The van der Waals surface area contributed by atoms with Crippen LogP contribution in [0.15, 0.2) is 41.5 Å². The minimum absolute atomic E-state index is 0.0663. The number of aromatic nitrogens is 1. The molecule has 8 nitrogen and oxygen atoms in total. The summed E-state index contributed by atoms with van der Waals surface area (Å²) in [4.78, 5) is 32.9. The van der Waals surface area contributed by atoms with E-state index in [1.807, 2.05) is 24.3 Å². The normalized spacial score (nSPS) is 19.3. The lowest BCUT2D eigenvalue weighted by atomic mass is 9.94. The molecule has 1 aromatic heterocycles. The molecule has 2 aromatic rings. The van der Waals surface area contributed by atoms with Crippen molar-refractivity contribution in [3.8, 4) is 0 Å². The fraction of sp³-hybridized carbons (Fsp3) is 0.483. The topological polar surface area (TPSA) is 98.2 Å². The second-order valence-corrected chi connectivity index (χ2v) is 11.2. The minimum Gasteiger partial charge on any atom is -0.458 e. The fourth-order valence-corrected chi connectivity index (χ4v) is 5.21. The van der Waals surface area contributed by atoms with Gasteiger partial charge in [-0.1, -0.05) is 25.1 Å². The van der Waals surface area contributed by atoms with E-state index in [2.05, 4.69) is 17.9 Å². The molecule has 1 atom stereocenters. The van der Waals surface area contributed by atoms with E-state index >= 15 is 0 Å². The number of ether oxygens (including phenoxy) is 3. The molecule has 0 aliphatic carbocycles. The van der Waals surface area contributed by atoms with Gasteiger partial charge in [-0.25, -0.2) is 9.78 Å². The van der Waals surface area contributed by atoms with Crippen molar-refractivity contribution >= 4 is 28.5 Å². The van der Waals surface area contributed by atoms with Gasteiger partial charge in [0.2, 0.25) is 6.10 Å². The molecule has 3 aliphatic heterocycles. The van der Waals surface area contributed by atoms with Gasteiger partial charge in [-0.05, 0) is 57.4 Å². The highest BCUT2D eigenvalue weighted by molar-refractivity contribution is 5.90. The summed E-state index contributed by atoms with van der Waals surface area (Å²) in [5, 5.41) is 11.1. The van der Waals surface area contributed by atoms with Gasteiger partial charge < -0.3 is 24.2 Å². The van der Waals surface area contributed by atoms with Crippen molar-refractivity contribution < 1.29 is 28.9 Å². The molecule has 196 valence electrons. The van der Waals surface area contributed by atoms with Crippen LogP contribution in [-0.4, -0.2) is 64.0 Å². The molecule has 1 N–H and O–H groups in total. The van der Waals surface area contributed by atoms with Crippen LogP contribution in [0.3, 0.4) is 0 Å². The zero-order valence-corrected chi connectivity index (χ0v) is 22.1. The molecule has 0 radical (unpaired) electrons. The van der Waals surface area contributed by atoms with E-state index in [9.17, 15) is 14.7 Å². The SMILES string of the molecule is CCc1c2c(nc3ccccc13)C1=CC3=C(COC(=O)[C@H]3OC(=O)CC(C)(C)OCC(C)(C)O)CN1C2. The number of fused-ring (bicyclic) bond motifs is 4. The molecule has 4 heterocycles. The van der Waals surface area contributed by atoms with Crippen LogP contribution in [0.5, 0.6) is 0 Å². The number of carbonyl (C=O) groups is 2. The number of aliphatic hydroxyl groups is 1. The van der Waals surface area contributed by atoms with E-state index < -0.39 is 29.2 Å². The molecular formula is C29H34N2O6. The Morgan fingerprint density at radius 3 is 2.70 bits per heavy atom. The monoisotopic (exact) mass is 506 g/mol. The number of pyridine rings is 1. The second kappa shape index (κ2) is 9.26. The van der Waals surface area contributed by atoms with E-state index in [1.165, 1.54) is 16.5 Å². The number of para-hydroxylation sites is 1. The number of hydrogen-bond acceptors (Lipinski definition) is 8. The number of cyclic esters (lactones) is 1. The predicted molar refractivity (Wildman–Crippen MR) is 138 cm³/mol. The maximum Gasteiger partial charge on any atom is 0.352 e. The molecule has 37 heavy (non-hydrogen) atoms. The summed E-state index contributed by atoms with van der Waals surface area (Å²) in [6.07, 6.45) is 1.63. The van der Waals surface area contributed by atoms with Gasteiger partial charge >= 0.3 is 11.9 Å². The smallest absolute Gasteiger partial charge is 0.352 e. The lowest BCUT2D eigenvalue weighted by molar-refractivity contribution is -0.170. The van der Waals surface area contributed by atoms with E-state index in [0.29, 0.717) is 12.1 Å². The highest BCUT2D eigenvalue weighted by Gasteiger charge is 2.41. The number of esters is 2. The largest absolute Gasteiger partial charge is 0.458 e. The number of carbonyl (C=O) groups excluding carboxylic acids is 2. The van der Waals surface area contributed by atoms with Crippen molar-refractivity contribution in [2.45, 2.75) is 71.3 Å². The zero-order valence-electron chi connectivity index (χ0n) is 22.1. The van der Waals surface area contributed by atoms with Crippen LogP contribution in [0.25, 0.3) is 16.6 Å². The Hall–Kier alpha value is -3.23. The molecular weight excluding hydrogens is 472 g/mol. The summed E-state index contributed by atoms with van der Waals surface area (Å²) in [6.45, 7) is 10.5. The van der Waals surface area contributed by atoms with Crippen LogP contribution in [0, 0.1) is 0 Å². The summed E-state index contributed by atoms with van der Waals surface area (Å²) >= 11 is 0. The van der Waals surface area contributed by atoms with Gasteiger partial charge in [-0.15, -0.1) is 0 Å². The van der Waals surface area contributed by atoms with Gasteiger partial charge in [0, 0.05) is 29.6 Å². The molecule has 0 fully saturated rings. The van der Waals surface area contributed by atoms with Crippen LogP contribution in [0.2, 0.25) is 0 Å². The fourth-order valence-electron chi connectivity index (χ4n) is 5.21. The third-order valence-electron chi connectivity index (χ3n) is 7.00. The van der Waals surface area contributed by atoms with Gasteiger partial charge in [0.1, 0.15) is 6.61 Å². The zero-order chi connectivity index (χ0) is 26.5. The van der Waals surface area contributed by atoms with Crippen molar-refractivity contribution in [1.29, 1.82) is 0 Å². The van der Waals surface area contributed by atoms with Crippen molar-refractivity contribution in [2.24, 2.45) is 0 Å². The Balaban J connectivity index is 1.42. The summed E-state index contributed by atoms with van der Waals surface area (Å²) in [5.74, 6) is -1.15. The van der Waals surface area contributed by atoms with E-state index in [0.717, 1.165) is 35.4 Å². The number of benzene rings is 1. The molecule has 0 spiro atoms. The molecule has 0 bridgehead atoms. The van der Waals surface area contributed by atoms with Crippen LogP contribution in [-0.2, 0) is 36.8 Å². The van der Waals surface area contributed by atoms with Crippen molar-refractivity contribution in [3.05, 3.63) is 58.3 Å². The van der Waals surface area contributed by atoms with Gasteiger partial charge in [0.25, 0.3) is 0 Å². The maximum absolute atomic E-state index is 12.9. The Bertz CT molecular complexity index is 1330. The van der Waals surface area contributed by atoms with Gasteiger partial charge in [0.05, 0.1) is 41.1 Å². The van der Waals surface area contributed by atoms with Crippen LogP contribution < -0.4 is 0 Å². The molecule has 0 amide bonds. The van der Waals surface area contributed by atoms with Gasteiger partial charge in [0.15, 0.2) is 0 Å². The first kappa shape index (κ1) is 25.4. The predicted octanol–water partition coefficient (Wildman–Crippen LogP) is 3.69. The number of hydrogen-bond donors (Lipinski definition) is 1. The maximum atomic E-state index is 12.9. The first-order valence-electron chi connectivity index (χ1n) is 12.8. The molecule has 1 aromatic carbocycles. The van der Waals surface area contributed by atoms with Crippen LogP contribution >= 0.6 is 0 Å². The van der Waals surface area contributed by atoms with Crippen molar-refractivity contribution in [2.75, 3.05) is 19.8 Å². The van der Waals surface area contributed by atoms with Crippen molar-refractivity contribution in [1.82, 2.24) is 9.88 Å². The lowest BCUT2D eigenvalue weighted by Gasteiger charge is -2.34. The van der Waals surface area contributed by atoms with E-state index in [4.69, 9.17) is 19.2 Å². The van der Waals surface area contributed by atoms with E-state index in [1.54, 1.807) is 27.7 Å². The van der Waals surface area contributed by atoms with Crippen molar-refractivity contribution in [3.63, 3.8) is 0 Å². The Morgan fingerprint density at radius 1 is 1.22 bits per heavy atom. The first-order chi connectivity index (χ1) is 17.5. The summed E-state index contributed by atoms with van der Waals surface area (Å²) in [7, 11) is 0.